The zero-order valence-corrected chi connectivity index (χ0v) is 14.8. The summed E-state index contributed by atoms with van der Waals surface area (Å²) in [6.45, 7) is 6.39. The SMILES string of the molecule is C=C1CC[C@H](Cc2ccccc2)N(S(=O)(=O)c2ccc(C)cc2)C1. The fourth-order valence-electron chi connectivity index (χ4n) is 3.16. The second-order valence-electron chi connectivity index (χ2n) is 6.50. The highest BCUT2D eigenvalue weighted by Gasteiger charge is 2.34. The van der Waals surface area contributed by atoms with Gasteiger partial charge in [-0.25, -0.2) is 8.42 Å². The molecule has 0 aromatic heterocycles. The standard InChI is InChI=1S/C20H23NO2S/c1-16-9-12-20(13-10-16)24(22,23)21-15-17(2)8-11-19(21)14-18-6-4-3-5-7-18/h3-7,9-10,12-13,19H,2,8,11,14-15H2,1H3/t19-/m1/s1. The van der Waals surface area contributed by atoms with E-state index in [1.807, 2.05) is 37.3 Å². The van der Waals surface area contributed by atoms with E-state index in [1.165, 1.54) is 5.56 Å². The fourth-order valence-corrected chi connectivity index (χ4v) is 4.84. The molecule has 2 aromatic carbocycles. The Morgan fingerprint density at radius 2 is 1.75 bits per heavy atom. The summed E-state index contributed by atoms with van der Waals surface area (Å²) in [7, 11) is -3.51. The summed E-state index contributed by atoms with van der Waals surface area (Å²) in [6.07, 6.45) is 2.44. The highest BCUT2D eigenvalue weighted by molar-refractivity contribution is 7.89. The van der Waals surface area contributed by atoms with Crippen LogP contribution < -0.4 is 0 Å². The van der Waals surface area contributed by atoms with Crippen LogP contribution in [0, 0.1) is 6.92 Å². The molecule has 3 rings (SSSR count). The van der Waals surface area contributed by atoms with Gasteiger partial charge in [0.2, 0.25) is 10.0 Å². The topological polar surface area (TPSA) is 37.4 Å². The largest absolute Gasteiger partial charge is 0.243 e. The van der Waals surface area contributed by atoms with E-state index in [4.69, 9.17) is 0 Å². The molecule has 0 spiro atoms. The molecular weight excluding hydrogens is 318 g/mol. The molecule has 2 aromatic rings. The fraction of sp³-hybridized carbons (Fsp3) is 0.300. The number of sulfonamides is 1. The van der Waals surface area contributed by atoms with Crippen molar-refractivity contribution in [3.05, 3.63) is 77.9 Å². The van der Waals surface area contributed by atoms with E-state index >= 15 is 0 Å². The molecule has 0 saturated carbocycles. The summed E-state index contributed by atoms with van der Waals surface area (Å²) in [5.41, 5.74) is 3.20. The molecule has 1 heterocycles. The van der Waals surface area contributed by atoms with Gasteiger partial charge in [-0.05, 0) is 43.9 Å². The highest BCUT2D eigenvalue weighted by Crippen LogP contribution is 2.29. The Hall–Kier alpha value is -1.91. The van der Waals surface area contributed by atoms with Crippen molar-refractivity contribution in [2.45, 2.75) is 37.1 Å². The minimum atomic E-state index is -3.51. The molecule has 0 unspecified atom stereocenters. The van der Waals surface area contributed by atoms with E-state index in [1.54, 1.807) is 16.4 Å². The predicted molar refractivity (Wildman–Crippen MR) is 97.4 cm³/mol. The van der Waals surface area contributed by atoms with Crippen molar-refractivity contribution in [1.82, 2.24) is 4.31 Å². The zero-order valence-electron chi connectivity index (χ0n) is 14.0. The number of nitrogens with zero attached hydrogens (tertiary/aromatic N) is 1. The van der Waals surface area contributed by atoms with E-state index < -0.39 is 10.0 Å². The van der Waals surface area contributed by atoms with Gasteiger partial charge in [-0.1, -0.05) is 60.2 Å². The third kappa shape index (κ3) is 3.60. The molecule has 24 heavy (non-hydrogen) atoms. The Labute approximate surface area is 144 Å². The Kier molecular flexibility index (Phi) is 4.88. The van der Waals surface area contributed by atoms with Crippen LogP contribution in [0.1, 0.15) is 24.0 Å². The summed E-state index contributed by atoms with van der Waals surface area (Å²) in [4.78, 5) is 0.362. The third-order valence-electron chi connectivity index (χ3n) is 4.56. The lowest BCUT2D eigenvalue weighted by molar-refractivity contribution is 0.289. The Morgan fingerprint density at radius 3 is 2.42 bits per heavy atom. The average molecular weight is 341 g/mol. The zero-order chi connectivity index (χ0) is 17.2. The van der Waals surface area contributed by atoms with Gasteiger partial charge in [-0.3, -0.25) is 0 Å². The number of hydrogen-bond donors (Lipinski definition) is 0. The van der Waals surface area contributed by atoms with Gasteiger partial charge in [0.1, 0.15) is 0 Å². The molecule has 0 radical (unpaired) electrons. The first-order valence-corrected chi connectivity index (χ1v) is 9.70. The maximum atomic E-state index is 13.1. The highest BCUT2D eigenvalue weighted by atomic mass is 32.2. The molecule has 0 N–H and O–H groups in total. The number of rotatable bonds is 4. The molecule has 1 atom stereocenters. The summed E-state index contributed by atoms with van der Waals surface area (Å²) < 4.78 is 27.9. The first-order chi connectivity index (χ1) is 11.5. The molecular formula is C20H23NO2S. The molecule has 4 heteroatoms. The van der Waals surface area contributed by atoms with Crippen molar-refractivity contribution < 1.29 is 8.42 Å². The molecule has 1 fully saturated rings. The van der Waals surface area contributed by atoms with Crippen molar-refractivity contribution in [3.8, 4) is 0 Å². The Bertz CT molecular complexity index is 810. The normalized spacial score (nSPS) is 19.4. The van der Waals surface area contributed by atoms with E-state index in [0.29, 0.717) is 11.4 Å². The van der Waals surface area contributed by atoms with Gasteiger partial charge in [0.15, 0.2) is 0 Å². The minimum absolute atomic E-state index is 0.0239. The van der Waals surface area contributed by atoms with E-state index in [9.17, 15) is 8.42 Å². The quantitative estimate of drug-likeness (QED) is 0.790. The molecule has 126 valence electrons. The Morgan fingerprint density at radius 1 is 1.08 bits per heavy atom. The lowest BCUT2D eigenvalue weighted by atomic mass is 9.96. The summed E-state index contributed by atoms with van der Waals surface area (Å²) >= 11 is 0. The van der Waals surface area contributed by atoms with Crippen LogP contribution in [0.15, 0.2) is 71.6 Å². The summed E-state index contributed by atoms with van der Waals surface area (Å²) in [5, 5.41) is 0. The van der Waals surface area contributed by atoms with E-state index in [-0.39, 0.29) is 6.04 Å². The molecule has 1 aliphatic heterocycles. The second-order valence-corrected chi connectivity index (χ2v) is 8.39. The van der Waals surface area contributed by atoms with Gasteiger partial charge in [-0.15, -0.1) is 0 Å². The van der Waals surface area contributed by atoms with Crippen LogP contribution in [0.5, 0.6) is 0 Å². The summed E-state index contributed by atoms with van der Waals surface area (Å²) in [6, 6.07) is 17.1. The minimum Gasteiger partial charge on any atom is -0.207 e. The second kappa shape index (κ2) is 6.91. The number of hydrogen-bond acceptors (Lipinski definition) is 2. The lowest BCUT2D eigenvalue weighted by Gasteiger charge is -2.36. The van der Waals surface area contributed by atoms with Gasteiger partial charge in [0.05, 0.1) is 4.90 Å². The van der Waals surface area contributed by atoms with Gasteiger partial charge < -0.3 is 0 Å². The van der Waals surface area contributed by atoms with E-state index in [0.717, 1.165) is 30.4 Å². The monoisotopic (exact) mass is 341 g/mol. The lowest BCUT2D eigenvalue weighted by Crippen LogP contribution is -2.45. The van der Waals surface area contributed by atoms with Crippen molar-refractivity contribution in [2.24, 2.45) is 0 Å². The first-order valence-electron chi connectivity index (χ1n) is 8.26. The van der Waals surface area contributed by atoms with Crippen LogP contribution >= 0.6 is 0 Å². The van der Waals surface area contributed by atoms with Crippen LogP contribution in [0.25, 0.3) is 0 Å². The molecule has 0 bridgehead atoms. The van der Waals surface area contributed by atoms with Crippen molar-refractivity contribution in [2.75, 3.05) is 6.54 Å². The van der Waals surface area contributed by atoms with Crippen LogP contribution in [0.3, 0.4) is 0 Å². The van der Waals surface area contributed by atoms with Crippen LogP contribution in [0.4, 0.5) is 0 Å². The first kappa shape index (κ1) is 16.9. The maximum absolute atomic E-state index is 13.1. The smallest absolute Gasteiger partial charge is 0.207 e. The van der Waals surface area contributed by atoms with Gasteiger partial charge in [0.25, 0.3) is 0 Å². The molecule has 1 aliphatic rings. The number of aryl methyl sites for hydroxylation is 1. The molecule has 3 nitrogen and oxygen atoms in total. The number of benzene rings is 2. The molecule has 0 amide bonds. The molecule has 0 aliphatic carbocycles. The van der Waals surface area contributed by atoms with Crippen LogP contribution in [-0.2, 0) is 16.4 Å². The van der Waals surface area contributed by atoms with Crippen LogP contribution in [-0.4, -0.2) is 25.3 Å². The maximum Gasteiger partial charge on any atom is 0.243 e. The van der Waals surface area contributed by atoms with Crippen molar-refractivity contribution in [1.29, 1.82) is 0 Å². The van der Waals surface area contributed by atoms with Crippen molar-refractivity contribution >= 4 is 10.0 Å². The van der Waals surface area contributed by atoms with Gasteiger partial charge >= 0.3 is 0 Å². The number of piperidine rings is 1. The van der Waals surface area contributed by atoms with Crippen molar-refractivity contribution in [3.63, 3.8) is 0 Å². The molecule has 1 saturated heterocycles. The van der Waals surface area contributed by atoms with Crippen LogP contribution in [0.2, 0.25) is 0 Å². The average Bonchev–Trinajstić information content (AvgIpc) is 2.58. The predicted octanol–water partition coefficient (Wildman–Crippen LogP) is 3.95. The Balaban J connectivity index is 1.91. The van der Waals surface area contributed by atoms with Gasteiger partial charge in [0, 0.05) is 12.6 Å². The van der Waals surface area contributed by atoms with Gasteiger partial charge in [-0.2, -0.15) is 4.31 Å². The van der Waals surface area contributed by atoms with E-state index in [2.05, 4.69) is 18.7 Å². The third-order valence-corrected chi connectivity index (χ3v) is 6.47. The summed E-state index contributed by atoms with van der Waals surface area (Å²) in [5.74, 6) is 0.